The lowest BCUT2D eigenvalue weighted by molar-refractivity contribution is -0.122. The summed E-state index contributed by atoms with van der Waals surface area (Å²) in [6.07, 6.45) is 1.65. The lowest BCUT2D eigenvalue weighted by atomic mass is 10.2. The molecular formula is C21H22N4O3S. The zero-order valence-corrected chi connectivity index (χ0v) is 17.0. The van der Waals surface area contributed by atoms with Gasteiger partial charge in [0.1, 0.15) is 11.0 Å². The molecule has 2 aromatic rings. The summed E-state index contributed by atoms with van der Waals surface area (Å²) in [5.41, 5.74) is 2.68. The first-order chi connectivity index (χ1) is 14.0. The number of thioether (sulfide) groups is 1. The van der Waals surface area contributed by atoms with E-state index in [9.17, 15) is 9.59 Å². The lowest BCUT2D eigenvalue weighted by Gasteiger charge is -2.07. The Kier molecular flexibility index (Phi) is 7.02. The highest BCUT2D eigenvalue weighted by atomic mass is 32.2. The van der Waals surface area contributed by atoms with Crippen LogP contribution in [0.25, 0.3) is 0 Å². The van der Waals surface area contributed by atoms with Gasteiger partial charge in [-0.05, 0) is 55.8 Å². The number of hydrogen-bond acceptors (Lipinski definition) is 6. The monoisotopic (exact) mass is 410 g/mol. The fourth-order valence-electron chi connectivity index (χ4n) is 2.57. The van der Waals surface area contributed by atoms with Crippen molar-refractivity contribution < 1.29 is 14.3 Å². The molecule has 1 saturated heterocycles. The van der Waals surface area contributed by atoms with Crippen LogP contribution in [-0.4, -0.2) is 35.1 Å². The summed E-state index contributed by atoms with van der Waals surface area (Å²) in [5, 5.41) is 13.3. The number of nitrogens with one attached hydrogen (secondary N) is 2. The van der Waals surface area contributed by atoms with Crippen molar-refractivity contribution in [3.05, 3.63) is 59.7 Å². The van der Waals surface area contributed by atoms with Crippen LogP contribution in [0.15, 0.2) is 58.7 Å². The third kappa shape index (κ3) is 6.18. The molecule has 0 saturated carbocycles. The van der Waals surface area contributed by atoms with E-state index in [0.717, 1.165) is 16.9 Å². The normalized spacial score (nSPS) is 17.5. The predicted octanol–water partition coefficient (Wildman–Crippen LogP) is 3.34. The quantitative estimate of drug-likeness (QED) is 0.541. The number of carbonyl (C=O) groups is 2. The maximum Gasteiger partial charge on any atom is 0.240 e. The van der Waals surface area contributed by atoms with E-state index in [-0.39, 0.29) is 18.2 Å². The summed E-state index contributed by atoms with van der Waals surface area (Å²) in [6, 6.07) is 14.9. The fourth-order valence-corrected chi connectivity index (χ4v) is 3.49. The molecule has 2 amide bonds. The molecule has 0 aliphatic carbocycles. The van der Waals surface area contributed by atoms with E-state index >= 15 is 0 Å². The highest BCUT2D eigenvalue weighted by Gasteiger charge is 2.32. The van der Waals surface area contributed by atoms with Gasteiger partial charge in [0.2, 0.25) is 11.8 Å². The van der Waals surface area contributed by atoms with E-state index in [1.54, 1.807) is 6.21 Å². The van der Waals surface area contributed by atoms with Gasteiger partial charge in [0.25, 0.3) is 0 Å². The number of ether oxygens (including phenoxy) is 1. The molecule has 1 aliphatic rings. The van der Waals surface area contributed by atoms with Crippen molar-refractivity contribution in [3.8, 4) is 5.75 Å². The minimum absolute atomic E-state index is 0.0615. The molecule has 29 heavy (non-hydrogen) atoms. The molecule has 7 nitrogen and oxygen atoms in total. The molecule has 0 aromatic heterocycles. The average molecular weight is 410 g/mol. The fraction of sp³-hybridized carbons (Fsp3) is 0.238. The molecule has 1 atom stereocenters. The third-order valence-electron chi connectivity index (χ3n) is 4.03. The predicted molar refractivity (Wildman–Crippen MR) is 117 cm³/mol. The topological polar surface area (TPSA) is 92.2 Å². The van der Waals surface area contributed by atoms with E-state index in [0.29, 0.717) is 17.5 Å². The number of anilines is 1. The summed E-state index contributed by atoms with van der Waals surface area (Å²) < 4.78 is 5.39. The van der Waals surface area contributed by atoms with Crippen LogP contribution in [0.1, 0.15) is 24.5 Å². The molecular weight excluding hydrogens is 388 g/mol. The average Bonchev–Trinajstić information content (AvgIpc) is 3.04. The van der Waals surface area contributed by atoms with Crippen molar-refractivity contribution in [2.75, 3.05) is 11.9 Å². The highest BCUT2D eigenvalue weighted by Crippen LogP contribution is 2.23. The Hall–Kier alpha value is -3.13. The van der Waals surface area contributed by atoms with Gasteiger partial charge in [-0.25, -0.2) is 0 Å². The van der Waals surface area contributed by atoms with Crippen molar-refractivity contribution in [1.82, 2.24) is 5.32 Å². The number of carbonyl (C=O) groups excluding carboxylic acids is 2. The molecule has 0 radical (unpaired) electrons. The van der Waals surface area contributed by atoms with Gasteiger partial charge < -0.3 is 15.4 Å². The van der Waals surface area contributed by atoms with Crippen molar-refractivity contribution >= 4 is 40.6 Å². The van der Waals surface area contributed by atoms with Crippen LogP contribution in [0.5, 0.6) is 5.75 Å². The molecule has 150 valence electrons. The van der Waals surface area contributed by atoms with Gasteiger partial charge in [-0.15, -0.1) is 5.10 Å². The number of nitrogens with zero attached hydrogens (tertiary/aromatic N) is 2. The highest BCUT2D eigenvalue weighted by molar-refractivity contribution is 8.15. The van der Waals surface area contributed by atoms with Crippen LogP contribution in [0.2, 0.25) is 0 Å². The second-order valence-electron chi connectivity index (χ2n) is 6.37. The maximum absolute atomic E-state index is 12.2. The van der Waals surface area contributed by atoms with Crippen molar-refractivity contribution in [2.24, 2.45) is 10.2 Å². The molecule has 2 N–H and O–H groups in total. The van der Waals surface area contributed by atoms with Crippen molar-refractivity contribution in [1.29, 1.82) is 0 Å². The van der Waals surface area contributed by atoms with Gasteiger partial charge >= 0.3 is 0 Å². The Balaban J connectivity index is 1.52. The van der Waals surface area contributed by atoms with Crippen molar-refractivity contribution in [3.63, 3.8) is 0 Å². The van der Waals surface area contributed by atoms with Gasteiger partial charge in [0.05, 0.1) is 12.8 Å². The van der Waals surface area contributed by atoms with E-state index in [1.165, 1.54) is 11.8 Å². The van der Waals surface area contributed by atoms with Crippen LogP contribution < -0.4 is 15.4 Å². The zero-order chi connectivity index (χ0) is 20.6. The van der Waals surface area contributed by atoms with Crippen LogP contribution >= 0.6 is 11.8 Å². The van der Waals surface area contributed by atoms with Gasteiger partial charge in [-0.3, -0.25) is 9.59 Å². The number of benzene rings is 2. The maximum atomic E-state index is 12.2. The van der Waals surface area contributed by atoms with Gasteiger partial charge in [-0.2, -0.15) is 5.10 Å². The van der Waals surface area contributed by atoms with E-state index in [4.69, 9.17) is 4.74 Å². The zero-order valence-electron chi connectivity index (χ0n) is 16.2. The molecule has 0 spiro atoms. The molecule has 2 aromatic carbocycles. The second kappa shape index (κ2) is 9.88. The molecule has 1 aliphatic heterocycles. The largest absolute Gasteiger partial charge is 0.494 e. The van der Waals surface area contributed by atoms with E-state index in [1.807, 2.05) is 62.4 Å². The third-order valence-corrected chi connectivity index (χ3v) is 5.10. The Morgan fingerprint density at radius 1 is 1.21 bits per heavy atom. The first-order valence-electron chi connectivity index (χ1n) is 9.21. The van der Waals surface area contributed by atoms with E-state index in [2.05, 4.69) is 20.8 Å². The summed E-state index contributed by atoms with van der Waals surface area (Å²) >= 11 is 1.20. The minimum Gasteiger partial charge on any atom is -0.494 e. The Morgan fingerprint density at radius 2 is 1.93 bits per heavy atom. The first-order valence-corrected chi connectivity index (χ1v) is 10.1. The number of amides is 2. The molecule has 1 fully saturated rings. The smallest absolute Gasteiger partial charge is 0.240 e. The van der Waals surface area contributed by atoms with Crippen LogP contribution in [0.4, 0.5) is 5.69 Å². The number of rotatable bonds is 7. The number of hydrogen-bond donors (Lipinski definition) is 2. The molecule has 8 heteroatoms. The number of aryl methyl sites for hydroxylation is 1. The summed E-state index contributed by atoms with van der Waals surface area (Å²) in [5.74, 6) is 0.325. The molecule has 0 unspecified atom stereocenters. The van der Waals surface area contributed by atoms with Crippen LogP contribution in [0, 0.1) is 6.92 Å². The van der Waals surface area contributed by atoms with Gasteiger partial charge in [-0.1, -0.05) is 29.5 Å². The summed E-state index contributed by atoms with van der Waals surface area (Å²) in [7, 11) is 0. The van der Waals surface area contributed by atoms with E-state index < -0.39 is 5.25 Å². The van der Waals surface area contributed by atoms with Gasteiger partial charge in [0, 0.05) is 12.1 Å². The lowest BCUT2D eigenvalue weighted by Crippen LogP contribution is -2.28. The standard InChI is InChI=1S/C21H22N4O3S/c1-3-28-17-10-6-15(7-11-17)13-22-25-21-24-20(27)18(29-21)12-19(26)23-16-8-4-14(2)5-9-16/h4-11,13,18H,3,12H2,1-2H3,(H,23,26)(H,24,25,27)/b22-13-/t18-/m0/s1. The Bertz CT molecular complexity index is 924. The van der Waals surface area contributed by atoms with Crippen LogP contribution in [0.3, 0.4) is 0 Å². The Morgan fingerprint density at radius 3 is 2.62 bits per heavy atom. The van der Waals surface area contributed by atoms with Crippen LogP contribution in [-0.2, 0) is 9.59 Å². The molecule has 0 bridgehead atoms. The minimum atomic E-state index is -0.528. The Labute approximate surface area is 173 Å². The SMILES string of the molecule is CCOc1ccc(/C=N\N=C2/NC(=O)[C@H](CC(=O)Nc3ccc(C)cc3)S2)cc1. The number of amidine groups is 1. The summed E-state index contributed by atoms with van der Waals surface area (Å²) in [6.45, 7) is 4.52. The molecule has 1 heterocycles. The molecule has 3 rings (SSSR count). The van der Waals surface area contributed by atoms with Gasteiger partial charge in [0.15, 0.2) is 5.17 Å². The second-order valence-corrected chi connectivity index (χ2v) is 7.56. The van der Waals surface area contributed by atoms with Crippen molar-refractivity contribution in [2.45, 2.75) is 25.5 Å². The summed E-state index contributed by atoms with van der Waals surface area (Å²) in [4.78, 5) is 24.3. The first kappa shape index (κ1) is 20.6.